The second-order valence-electron chi connectivity index (χ2n) is 6.38. The molecule has 0 atom stereocenters. The monoisotopic (exact) mass is 347 g/mol. The van der Waals surface area contributed by atoms with Crippen molar-refractivity contribution in [2.45, 2.75) is 39.8 Å². The van der Waals surface area contributed by atoms with Gasteiger partial charge in [-0.05, 0) is 27.7 Å². The lowest BCUT2D eigenvalue weighted by Gasteiger charge is -2.28. The van der Waals surface area contributed by atoms with Crippen LogP contribution >= 0.6 is 11.3 Å². The molecule has 0 radical (unpaired) electrons. The molecule has 0 aliphatic carbocycles. The number of benzene rings is 1. The average Bonchev–Trinajstić information content (AvgIpc) is 2.91. The van der Waals surface area contributed by atoms with E-state index in [9.17, 15) is 9.90 Å². The van der Waals surface area contributed by atoms with E-state index in [0.717, 1.165) is 21.1 Å². The number of urea groups is 1. The molecular formula is C18H25N3O2S. The van der Waals surface area contributed by atoms with E-state index in [1.54, 1.807) is 30.1 Å². The molecule has 0 saturated heterocycles. The smallest absolute Gasteiger partial charge is 0.317 e. The Morgan fingerprint density at radius 2 is 2.00 bits per heavy atom. The predicted molar refractivity (Wildman–Crippen MR) is 98.1 cm³/mol. The third kappa shape index (κ3) is 5.04. The molecule has 5 nitrogen and oxygen atoms in total. The third-order valence-corrected chi connectivity index (χ3v) is 4.77. The highest BCUT2D eigenvalue weighted by atomic mass is 32.1. The van der Waals surface area contributed by atoms with Gasteiger partial charge in [-0.25, -0.2) is 9.78 Å². The molecule has 1 aromatic heterocycles. The minimum Gasteiger partial charge on any atom is -0.389 e. The first-order chi connectivity index (χ1) is 11.3. The van der Waals surface area contributed by atoms with Crippen LogP contribution in [0, 0.1) is 6.92 Å². The topological polar surface area (TPSA) is 65.5 Å². The number of aryl methyl sites for hydroxylation is 1. The van der Waals surface area contributed by atoms with Crippen molar-refractivity contribution in [3.8, 4) is 10.6 Å². The Hall–Kier alpha value is -1.92. The van der Waals surface area contributed by atoms with Crippen LogP contribution < -0.4 is 5.32 Å². The molecule has 2 N–H and O–H groups in total. The summed E-state index contributed by atoms with van der Waals surface area (Å²) >= 11 is 1.59. The normalized spacial score (nSPS) is 11.4. The SMILES string of the molecule is CCN(CC(C)(C)O)C(=O)NCc1sc(-c2ccccc2)nc1C. The van der Waals surface area contributed by atoms with Gasteiger partial charge in [-0.15, -0.1) is 11.3 Å². The van der Waals surface area contributed by atoms with Crippen molar-refractivity contribution in [2.24, 2.45) is 0 Å². The number of aromatic nitrogens is 1. The maximum atomic E-state index is 12.3. The van der Waals surface area contributed by atoms with Gasteiger partial charge in [-0.2, -0.15) is 0 Å². The Bertz CT molecular complexity index is 677. The van der Waals surface area contributed by atoms with E-state index in [1.807, 2.05) is 44.2 Å². The van der Waals surface area contributed by atoms with Gasteiger partial charge in [0.15, 0.2) is 0 Å². The van der Waals surface area contributed by atoms with Crippen molar-refractivity contribution in [1.82, 2.24) is 15.2 Å². The van der Waals surface area contributed by atoms with Gasteiger partial charge in [0.25, 0.3) is 0 Å². The number of thiazole rings is 1. The van der Waals surface area contributed by atoms with Crippen LogP contribution in [-0.2, 0) is 6.54 Å². The van der Waals surface area contributed by atoms with Gasteiger partial charge in [0.1, 0.15) is 5.01 Å². The lowest BCUT2D eigenvalue weighted by atomic mass is 10.1. The average molecular weight is 347 g/mol. The molecule has 1 heterocycles. The van der Waals surface area contributed by atoms with Crippen LogP contribution in [0.1, 0.15) is 31.3 Å². The Morgan fingerprint density at radius 3 is 2.58 bits per heavy atom. The standard InChI is InChI=1S/C18H25N3O2S/c1-5-21(12-18(3,4)23)17(22)19-11-15-13(2)20-16(24-15)14-9-7-6-8-10-14/h6-10,23H,5,11-12H2,1-4H3,(H,19,22). The zero-order valence-corrected chi connectivity index (χ0v) is 15.5. The van der Waals surface area contributed by atoms with Gasteiger partial charge in [0.05, 0.1) is 24.4 Å². The Kier molecular flexibility index (Phi) is 5.96. The molecular weight excluding hydrogens is 322 g/mol. The molecule has 0 aliphatic rings. The van der Waals surface area contributed by atoms with Crippen molar-refractivity contribution in [3.63, 3.8) is 0 Å². The van der Waals surface area contributed by atoms with Crippen molar-refractivity contribution in [1.29, 1.82) is 0 Å². The first-order valence-electron chi connectivity index (χ1n) is 8.07. The number of likely N-dealkylation sites (N-methyl/N-ethyl adjacent to an activating group) is 1. The van der Waals surface area contributed by atoms with Gasteiger partial charge in [0.2, 0.25) is 0 Å². The molecule has 0 spiro atoms. The van der Waals surface area contributed by atoms with Gasteiger partial charge >= 0.3 is 6.03 Å². The van der Waals surface area contributed by atoms with Gasteiger partial charge < -0.3 is 15.3 Å². The number of aliphatic hydroxyl groups is 1. The summed E-state index contributed by atoms with van der Waals surface area (Å²) in [6.45, 7) is 8.54. The van der Waals surface area contributed by atoms with Gasteiger partial charge in [-0.3, -0.25) is 0 Å². The lowest BCUT2D eigenvalue weighted by molar-refractivity contribution is 0.0480. The molecule has 0 saturated carbocycles. The predicted octanol–water partition coefficient (Wildman–Crippen LogP) is 3.42. The van der Waals surface area contributed by atoms with Crippen molar-refractivity contribution >= 4 is 17.4 Å². The molecule has 130 valence electrons. The Labute approximate surface area is 147 Å². The third-order valence-electron chi connectivity index (χ3n) is 3.56. The Balaban J connectivity index is 2.01. The lowest BCUT2D eigenvalue weighted by Crippen LogP contribution is -2.46. The van der Waals surface area contributed by atoms with E-state index in [-0.39, 0.29) is 6.03 Å². The molecule has 1 aromatic carbocycles. The van der Waals surface area contributed by atoms with Crippen LogP contribution in [-0.4, -0.2) is 39.7 Å². The molecule has 24 heavy (non-hydrogen) atoms. The summed E-state index contributed by atoms with van der Waals surface area (Å²) in [4.78, 5) is 19.5. The molecule has 0 bridgehead atoms. The highest BCUT2D eigenvalue weighted by Gasteiger charge is 2.21. The number of carbonyl (C=O) groups excluding carboxylic acids is 1. The fourth-order valence-electron chi connectivity index (χ4n) is 2.36. The second kappa shape index (κ2) is 7.77. The Morgan fingerprint density at radius 1 is 1.33 bits per heavy atom. The van der Waals surface area contributed by atoms with Crippen LogP contribution in [0.15, 0.2) is 30.3 Å². The minimum absolute atomic E-state index is 0.173. The number of nitrogens with one attached hydrogen (secondary N) is 1. The summed E-state index contributed by atoms with van der Waals surface area (Å²) in [7, 11) is 0. The van der Waals surface area contributed by atoms with Gasteiger partial charge in [-0.1, -0.05) is 30.3 Å². The first kappa shape index (κ1) is 18.4. The molecule has 0 aliphatic heterocycles. The maximum Gasteiger partial charge on any atom is 0.317 e. The number of amides is 2. The zero-order valence-electron chi connectivity index (χ0n) is 14.7. The number of carbonyl (C=O) groups is 1. The molecule has 0 fully saturated rings. The van der Waals surface area contributed by atoms with Crippen LogP contribution in [0.2, 0.25) is 0 Å². The zero-order chi connectivity index (χ0) is 17.7. The highest BCUT2D eigenvalue weighted by Crippen LogP contribution is 2.27. The van der Waals surface area contributed by atoms with E-state index >= 15 is 0 Å². The summed E-state index contributed by atoms with van der Waals surface area (Å²) in [5, 5.41) is 13.8. The number of hydrogen-bond donors (Lipinski definition) is 2. The van der Waals surface area contributed by atoms with Gasteiger partial charge in [0, 0.05) is 17.0 Å². The maximum absolute atomic E-state index is 12.3. The van der Waals surface area contributed by atoms with Crippen LogP contribution in [0.4, 0.5) is 4.79 Å². The number of nitrogens with zero attached hydrogens (tertiary/aromatic N) is 2. The van der Waals surface area contributed by atoms with Crippen molar-refractivity contribution in [2.75, 3.05) is 13.1 Å². The summed E-state index contributed by atoms with van der Waals surface area (Å²) in [5.41, 5.74) is 1.11. The second-order valence-corrected chi connectivity index (χ2v) is 7.46. The fourth-order valence-corrected chi connectivity index (χ4v) is 3.37. The number of rotatable bonds is 6. The van der Waals surface area contributed by atoms with E-state index in [4.69, 9.17) is 0 Å². The molecule has 2 rings (SSSR count). The summed E-state index contributed by atoms with van der Waals surface area (Å²) in [6.07, 6.45) is 0. The van der Waals surface area contributed by atoms with E-state index in [0.29, 0.717) is 19.6 Å². The van der Waals surface area contributed by atoms with E-state index in [2.05, 4.69) is 10.3 Å². The van der Waals surface area contributed by atoms with Crippen molar-refractivity contribution < 1.29 is 9.90 Å². The van der Waals surface area contributed by atoms with Crippen LogP contribution in [0.25, 0.3) is 10.6 Å². The largest absolute Gasteiger partial charge is 0.389 e. The minimum atomic E-state index is -0.908. The molecule has 2 amide bonds. The van der Waals surface area contributed by atoms with Crippen LogP contribution in [0.3, 0.4) is 0 Å². The molecule has 2 aromatic rings. The van der Waals surface area contributed by atoms with Crippen LogP contribution in [0.5, 0.6) is 0 Å². The van der Waals surface area contributed by atoms with E-state index in [1.165, 1.54) is 0 Å². The summed E-state index contributed by atoms with van der Waals surface area (Å²) in [5.74, 6) is 0. The fraction of sp³-hybridized carbons (Fsp3) is 0.444. The first-order valence-corrected chi connectivity index (χ1v) is 8.88. The quantitative estimate of drug-likeness (QED) is 0.841. The molecule has 0 unspecified atom stereocenters. The van der Waals surface area contributed by atoms with E-state index < -0.39 is 5.60 Å². The van der Waals surface area contributed by atoms with Crippen molar-refractivity contribution in [3.05, 3.63) is 40.9 Å². The summed E-state index contributed by atoms with van der Waals surface area (Å²) in [6, 6.07) is 9.85. The highest BCUT2D eigenvalue weighted by molar-refractivity contribution is 7.15. The number of hydrogen-bond acceptors (Lipinski definition) is 4. The summed E-state index contributed by atoms with van der Waals surface area (Å²) < 4.78 is 0. The molecule has 6 heteroatoms.